The van der Waals surface area contributed by atoms with E-state index < -0.39 is 15.3 Å². The summed E-state index contributed by atoms with van der Waals surface area (Å²) in [7, 11) is -1.68. The van der Waals surface area contributed by atoms with Crippen molar-refractivity contribution in [1.29, 1.82) is 0 Å². The molecule has 0 bridgehead atoms. The maximum absolute atomic E-state index is 12.1. The van der Waals surface area contributed by atoms with Crippen LogP contribution in [0.4, 0.5) is 0 Å². The van der Waals surface area contributed by atoms with Gasteiger partial charge in [-0.2, -0.15) is 4.31 Å². The minimum atomic E-state index is -3.21. The molecule has 1 aliphatic rings. The molecule has 0 aromatic rings. The predicted octanol–water partition coefficient (Wildman–Crippen LogP) is 0.0666. The first-order chi connectivity index (χ1) is 7.00. The van der Waals surface area contributed by atoms with Gasteiger partial charge in [0.15, 0.2) is 0 Å². The zero-order valence-electron chi connectivity index (χ0n) is 9.97. The monoisotopic (exact) mass is 272 g/mol. The van der Waals surface area contributed by atoms with Crippen LogP contribution in [0.1, 0.15) is 13.8 Å². The fraction of sp³-hybridized carbons (Fsp3) is 1.00. The van der Waals surface area contributed by atoms with Crippen molar-refractivity contribution >= 4 is 22.4 Å². The summed E-state index contributed by atoms with van der Waals surface area (Å²) in [6, 6.07) is 0.0306. The maximum atomic E-state index is 12.1. The van der Waals surface area contributed by atoms with Crippen LogP contribution < -0.4 is 5.32 Å². The average Bonchev–Trinajstić information content (AvgIpc) is 2.18. The van der Waals surface area contributed by atoms with E-state index >= 15 is 0 Å². The van der Waals surface area contributed by atoms with Crippen LogP contribution in [0.25, 0.3) is 0 Å². The zero-order chi connectivity index (χ0) is 11.5. The number of sulfonamides is 1. The van der Waals surface area contributed by atoms with Crippen molar-refractivity contribution in [3.8, 4) is 0 Å². The lowest BCUT2D eigenvalue weighted by molar-refractivity contribution is 0.195. The molecule has 0 aliphatic carbocycles. The number of nitrogens with zero attached hydrogens (tertiary/aromatic N) is 1. The second-order valence-electron chi connectivity index (χ2n) is 3.97. The Morgan fingerprint density at radius 2 is 2.19 bits per heavy atom. The van der Waals surface area contributed by atoms with E-state index in [2.05, 4.69) is 5.32 Å². The van der Waals surface area contributed by atoms with Gasteiger partial charge in [0.1, 0.15) is 0 Å². The van der Waals surface area contributed by atoms with Crippen molar-refractivity contribution in [2.45, 2.75) is 25.1 Å². The van der Waals surface area contributed by atoms with Gasteiger partial charge in [-0.25, -0.2) is 8.42 Å². The first-order valence-corrected chi connectivity index (χ1v) is 6.70. The number of hydrogen-bond donors (Lipinski definition) is 1. The lowest BCUT2D eigenvalue weighted by Crippen LogP contribution is -2.54. The average molecular weight is 273 g/mol. The number of ether oxygens (including phenoxy) is 1. The summed E-state index contributed by atoms with van der Waals surface area (Å²) >= 11 is 0. The van der Waals surface area contributed by atoms with E-state index in [-0.39, 0.29) is 25.1 Å². The lowest BCUT2D eigenvalue weighted by atomic mass is 10.3. The first-order valence-electron chi connectivity index (χ1n) is 5.20. The van der Waals surface area contributed by atoms with Gasteiger partial charge in [-0.1, -0.05) is 0 Å². The third kappa shape index (κ3) is 3.56. The predicted molar refractivity (Wildman–Crippen MR) is 66.5 cm³/mol. The second kappa shape index (κ2) is 6.76. The largest absolute Gasteiger partial charge is 0.383 e. The van der Waals surface area contributed by atoms with Gasteiger partial charge in [0.05, 0.1) is 11.9 Å². The third-order valence-corrected chi connectivity index (χ3v) is 5.03. The van der Waals surface area contributed by atoms with E-state index in [1.165, 1.54) is 7.11 Å². The molecule has 1 heterocycles. The summed E-state index contributed by atoms with van der Waals surface area (Å²) in [5.41, 5.74) is 0. The summed E-state index contributed by atoms with van der Waals surface area (Å²) in [5.74, 6) is 0. The second-order valence-corrected chi connectivity index (χ2v) is 6.28. The Kier molecular flexibility index (Phi) is 6.81. The molecule has 0 amide bonds. The van der Waals surface area contributed by atoms with Crippen molar-refractivity contribution in [2.75, 3.05) is 33.4 Å². The van der Waals surface area contributed by atoms with Crippen molar-refractivity contribution in [2.24, 2.45) is 0 Å². The summed E-state index contributed by atoms with van der Waals surface area (Å²) < 4.78 is 30.7. The summed E-state index contributed by atoms with van der Waals surface area (Å²) in [6.07, 6.45) is 0. The van der Waals surface area contributed by atoms with E-state index in [1.54, 1.807) is 11.2 Å². The standard InChI is InChI=1S/C9H20N2O3S.ClH/c1-8-6-10-4-5-11(8)15(12,13)9(2)7-14-3;/h8-10H,4-7H2,1-3H3;1H/t8-,9?;/m0./s1. The van der Waals surface area contributed by atoms with Gasteiger partial charge < -0.3 is 10.1 Å². The number of piperazine rings is 1. The van der Waals surface area contributed by atoms with Gasteiger partial charge in [-0.05, 0) is 13.8 Å². The summed E-state index contributed by atoms with van der Waals surface area (Å²) in [6.45, 7) is 5.86. The molecule has 0 aromatic heterocycles. The van der Waals surface area contributed by atoms with Crippen molar-refractivity contribution in [3.05, 3.63) is 0 Å². The van der Waals surface area contributed by atoms with Crippen LogP contribution in [0.5, 0.6) is 0 Å². The molecule has 2 atom stereocenters. The summed E-state index contributed by atoms with van der Waals surface area (Å²) in [4.78, 5) is 0. The highest BCUT2D eigenvalue weighted by Crippen LogP contribution is 2.14. The molecule has 98 valence electrons. The Labute approximate surface area is 104 Å². The zero-order valence-corrected chi connectivity index (χ0v) is 11.6. The maximum Gasteiger partial charge on any atom is 0.219 e. The van der Waals surface area contributed by atoms with Crippen molar-refractivity contribution < 1.29 is 13.2 Å². The van der Waals surface area contributed by atoms with Gasteiger partial charge in [0, 0.05) is 32.8 Å². The highest BCUT2D eigenvalue weighted by atomic mass is 35.5. The van der Waals surface area contributed by atoms with Crippen molar-refractivity contribution in [1.82, 2.24) is 9.62 Å². The molecule has 0 saturated carbocycles. The van der Waals surface area contributed by atoms with Gasteiger partial charge in [-0.15, -0.1) is 12.4 Å². The smallest absolute Gasteiger partial charge is 0.219 e. The Balaban J connectivity index is 0.00000225. The molecule has 0 aromatic carbocycles. The van der Waals surface area contributed by atoms with Gasteiger partial charge >= 0.3 is 0 Å². The Hall–Kier alpha value is 0.120. The first kappa shape index (κ1) is 16.1. The molecule has 0 spiro atoms. The number of halogens is 1. The number of rotatable bonds is 4. The molecule has 0 radical (unpaired) electrons. The van der Waals surface area contributed by atoms with Crippen LogP contribution >= 0.6 is 12.4 Å². The molecule has 1 N–H and O–H groups in total. The number of hydrogen-bond acceptors (Lipinski definition) is 4. The topological polar surface area (TPSA) is 58.6 Å². The van der Waals surface area contributed by atoms with Gasteiger partial charge in [-0.3, -0.25) is 0 Å². The fourth-order valence-electron chi connectivity index (χ4n) is 1.75. The molecule has 1 fully saturated rings. The highest BCUT2D eigenvalue weighted by molar-refractivity contribution is 7.89. The number of nitrogens with one attached hydrogen (secondary N) is 1. The van der Waals surface area contributed by atoms with E-state index in [0.717, 1.165) is 13.1 Å². The third-order valence-electron chi connectivity index (χ3n) is 2.68. The molecule has 16 heavy (non-hydrogen) atoms. The van der Waals surface area contributed by atoms with Crippen LogP contribution in [0.2, 0.25) is 0 Å². The molecular weight excluding hydrogens is 252 g/mol. The minimum absolute atomic E-state index is 0. The quantitative estimate of drug-likeness (QED) is 0.787. The van der Waals surface area contributed by atoms with E-state index in [0.29, 0.717) is 6.54 Å². The Morgan fingerprint density at radius 3 is 2.69 bits per heavy atom. The van der Waals surface area contributed by atoms with Crippen LogP contribution in [0, 0.1) is 0 Å². The van der Waals surface area contributed by atoms with E-state index in [9.17, 15) is 8.42 Å². The normalized spacial score (nSPS) is 24.8. The molecule has 1 saturated heterocycles. The Bertz CT molecular complexity index is 297. The number of methoxy groups -OCH3 is 1. The minimum Gasteiger partial charge on any atom is -0.383 e. The molecular formula is C9H21ClN2O3S. The van der Waals surface area contributed by atoms with Crippen LogP contribution in [-0.4, -0.2) is 57.4 Å². The lowest BCUT2D eigenvalue weighted by Gasteiger charge is -2.34. The molecule has 7 heteroatoms. The van der Waals surface area contributed by atoms with Crippen LogP contribution in [0.3, 0.4) is 0 Å². The van der Waals surface area contributed by atoms with E-state index in [4.69, 9.17) is 4.74 Å². The van der Waals surface area contributed by atoms with Gasteiger partial charge in [0.25, 0.3) is 0 Å². The van der Waals surface area contributed by atoms with Gasteiger partial charge in [0.2, 0.25) is 10.0 Å². The molecule has 1 unspecified atom stereocenters. The van der Waals surface area contributed by atoms with Crippen LogP contribution in [-0.2, 0) is 14.8 Å². The molecule has 1 aliphatic heterocycles. The van der Waals surface area contributed by atoms with E-state index in [1.807, 2.05) is 6.92 Å². The Morgan fingerprint density at radius 1 is 1.56 bits per heavy atom. The fourth-order valence-corrected chi connectivity index (χ4v) is 3.44. The SMILES string of the molecule is COCC(C)S(=O)(=O)N1CCNC[C@@H]1C.Cl. The summed E-state index contributed by atoms with van der Waals surface area (Å²) in [5, 5.41) is 2.70. The molecule has 1 rings (SSSR count). The molecule has 5 nitrogen and oxygen atoms in total. The highest BCUT2D eigenvalue weighted by Gasteiger charge is 2.33. The van der Waals surface area contributed by atoms with Crippen LogP contribution in [0.15, 0.2) is 0 Å². The van der Waals surface area contributed by atoms with Crippen molar-refractivity contribution in [3.63, 3.8) is 0 Å².